The smallest absolute Gasteiger partial charge is 0.216 e. The molecule has 0 amide bonds. The van der Waals surface area contributed by atoms with Crippen molar-refractivity contribution in [1.82, 2.24) is 4.72 Å². The predicted molar refractivity (Wildman–Crippen MR) is 85.5 cm³/mol. The lowest BCUT2D eigenvalue weighted by Crippen LogP contribution is -2.24. The van der Waals surface area contributed by atoms with Crippen LogP contribution in [0.5, 0.6) is 0 Å². The van der Waals surface area contributed by atoms with Crippen LogP contribution >= 0.6 is 0 Å². The Bertz CT molecular complexity index is 827. The van der Waals surface area contributed by atoms with Crippen molar-refractivity contribution >= 4 is 19.9 Å². The van der Waals surface area contributed by atoms with Crippen molar-refractivity contribution in [3.8, 4) is 0 Å². The lowest BCUT2D eigenvalue weighted by molar-refractivity contribution is 0.580. The second kappa shape index (κ2) is 6.60. The number of hydrogen-bond acceptors (Lipinski definition) is 4. The summed E-state index contributed by atoms with van der Waals surface area (Å²) in [6, 6.07) is 15.0. The third-order valence-corrected chi connectivity index (χ3v) is 5.47. The van der Waals surface area contributed by atoms with Gasteiger partial charge in [0, 0.05) is 12.8 Å². The molecule has 0 spiro atoms. The van der Waals surface area contributed by atoms with Crippen LogP contribution in [0.15, 0.2) is 59.5 Å². The van der Waals surface area contributed by atoms with Gasteiger partial charge in [-0.05, 0) is 23.3 Å². The van der Waals surface area contributed by atoms with E-state index < -0.39 is 19.9 Å². The first-order chi connectivity index (χ1) is 10.3. The Balaban J connectivity index is 2.00. The highest BCUT2D eigenvalue weighted by Gasteiger charge is 2.11. The van der Waals surface area contributed by atoms with Gasteiger partial charge in [0.15, 0.2) is 9.84 Å². The Hall–Kier alpha value is -1.70. The third-order valence-electron chi connectivity index (χ3n) is 3.05. The second-order valence-electron chi connectivity index (χ2n) is 4.98. The summed E-state index contributed by atoms with van der Waals surface area (Å²) >= 11 is 0. The molecule has 0 bridgehead atoms. The molecular formula is C15H17NO4S2. The molecule has 0 saturated heterocycles. The van der Waals surface area contributed by atoms with Gasteiger partial charge in [0.05, 0.1) is 10.6 Å². The molecule has 22 heavy (non-hydrogen) atoms. The fourth-order valence-corrected chi connectivity index (χ4v) is 3.64. The fourth-order valence-electron chi connectivity index (χ4n) is 1.89. The highest BCUT2D eigenvalue weighted by molar-refractivity contribution is 7.90. The summed E-state index contributed by atoms with van der Waals surface area (Å²) in [4.78, 5) is 0.211. The summed E-state index contributed by atoms with van der Waals surface area (Å²) in [7, 11) is -6.68. The number of sulfonamides is 1. The van der Waals surface area contributed by atoms with E-state index in [-0.39, 0.29) is 17.2 Å². The van der Waals surface area contributed by atoms with E-state index in [0.717, 1.165) is 6.26 Å². The van der Waals surface area contributed by atoms with Crippen LogP contribution in [0.4, 0.5) is 0 Å². The summed E-state index contributed by atoms with van der Waals surface area (Å²) in [6.07, 6.45) is 1.13. The molecular weight excluding hydrogens is 322 g/mol. The first kappa shape index (κ1) is 16.7. The highest BCUT2D eigenvalue weighted by atomic mass is 32.2. The van der Waals surface area contributed by atoms with Gasteiger partial charge < -0.3 is 0 Å². The van der Waals surface area contributed by atoms with Crippen LogP contribution in [0.25, 0.3) is 0 Å². The Labute approximate surface area is 131 Å². The molecule has 5 nitrogen and oxygen atoms in total. The van der Waals surface area contributed by atoms with E-state index in [1.54, 1.807) is 36.4 Å². The number of benzene rings is 2. The normalized spacial score (nSPS) is 12.2. The average molecular weight is 339 g/mol. The van der Waals surface area contributed by atoms with E-state index in [1.807, 2.05) is 6.07 Å². The summed E-state index contributed by atoms with van der Waals surface area (Å²) in [5, 5.41) is 0. The van der Waals surface area contributed by atoms with Gasteiger partial charge in [-0.25, -0.2) is 21.6 Å². The van der Waals surface area contributed by atoms with Crippen LogP contribution in [0, 0.1) is 0 Å². The van der Waals surface area contributed by atoms with Crippen LogP contribution in [-0.2, 0) is 32.2 Å². The second-order valence-corrected chi connectivity index (χ2v) is 8.80. The molecule has 0 saturated carbocycles. The van der Waals surface area contributed by atoms with Crippen molar-refractivity contribution in [2.75, 3.05) is 6.26 Å². The lowest BCUT2D eigenvalue weighted by atomic mass is 10.2. The topological polar surface area (TPSA) is 80.3 Å². The van der Waals surface area contributed by atoms with E-state index in [1.165, 1.54) is 12.1 Å². The monoisotopic (exact) mass is 339 g/mol. The zero-order chi connectivity index (χ0) is 16.2. The van der Waals surface area contributed by atoms with Crippen LogP contribution in [0.1, 0.15) is 11.1 Å². The molecule has 0 aromatic heterocycles. The Kier molecular flexibility index (Phi) is 5.00. The minimum absolute atomic E-state index is 0.0880. The van der Waals surface area contributed by atoms with Crippen molar-refractivity contribution in [2.24, 2.45) is 0 Å². The van der Waals surface area contributed by atoms with Crippen LogP contribution in [0.2, 0.25) is 0 Å². The van der Waals surface area contributed by atoms with Crippen LogP contribution < -0.4 is 4.72 Å². The maximum absolute atomic E-state index is 12.0. The molecule has 2 rings (SSSR count). The molecule has 2 aromatic carbocycles. The van der Waals surface area contributed by atoms with Gasteiger partial charge in [-0.2, -0.15) is 0 Å². The van der Waals surface area contributed by atoms with Crippen molar-refractivity contribution in [3.05, 3.63) is 65.7 Å². The molecule has 0 radical (unpaired) electrons. The third kappa shape index (κ3) is 4.94. The lowest BCUT2D eigenvalue weighted by Gasteiger charge is -2.07. The minimum Gasteiger partial charge on any atom is -0.224 e. The van der Waals surface area contributed by atoms with Crippen LogP contribution in [-0.4, -0.2) is 23.1 Å². The van der Waals surface area contributed by atoms with Gasteiger partial charge in [0.2, 0.25) is 10.0 Å². The molecule has 0 aliphatic heterocycles. The zero-order valence-electron chi connectivity index (χ0n) is 12.1. The molecule has 118 valence electrons. The van der Waals surface area contributed by atoms with Gasteiger partial charge in [-0.3, -0.25) is 0 Å². The van der Waals surface area contributed by atoms with E-state index in [9.17, 15) is 16.8 Å². The first-order valence-electron chi connectivity index (χ1n) is 6.56. The summed E-state index contributed by atoms with van der Waals surface area (Å²) in [6.45, 7) is 0.124. The van der Waals surface area contributed by atoms with E-state index >= 15 is 0 Å². The molecule has 0 fully saturated rings. The molecule has 0 aliphatic rings. The Morgan fingerprint density at radius 1 is 0.818 bits per heavy atom. The molecule has 0 unspecified atom stereocenters. The Morgan fingerprint density at radius 3 is 1.95 bits per heavy atom. The SMILES string of the molecule is CS(=O)(=O)c1ccc(CNS(=O)(=O)Cc2ccccc2)cc1. The van der Waals surface area contributed by atoms with Crippen molar-refractivity contribution in [2.45, 2.75) is 17.2 Å². The molecule has 7 heteroatoms. The Morgan fingerprint density at radius 2 is 1.41 bits per heavy atom. The average Bonchev–Trinajstić information content (AvgIpc) is 2.45. The number of rotatable bonds is 6. The minimum atomic E-state index is -3.44. The maximum atomic E-state index is 12.0. The number of hydrogen-bond donors (Lipinski definition) is 1. The van der Waals surface area contributed by atoms with Gasteiger partial charge in [0.25, 0.3) is 0 Å². The summed E-state index contributed by atoms with van der Waals surface area (Å²) < 4.78 is 49.2. The zero-order valence-corrected chi connectivity index (χ0v) is 13.7. The summed E-state index contributed by atoms with van der Waals surface area (Å²) in [5.74, 6) is -0.0880. The van der Waals surface area contributed by atoms with E-state index in [0.29, 0.717) is 11.1 Å². The van der Waals surface area contributed by atoms with Gasteiger partial charge in [-0.1, -0.05) is 42.5 Å². The summed E-state index contributed by atoms with van der Waals surface area (Å²) in [5.41, 5.74) is 1.41. The number of sulfone groups is 1. The molecule has 0 aliphatic carbocycles. The van der Waals surface area contributed by atoms with Crippen LogP contribution in [0.3, 0.4) is 0 Å². The standard InChI is InChI=1S/C15H17NO4S2/c1-21(17,18)15-9-7-13(8-10-15)11-16-22(19,20)12-14-5-3-2-4-6-14/h2-10,16H,11-12H2,1H3. The highest BCUT2D eigenvalue weighted by Crippen LogP contribution is 2.11. The van der Waals surface area contributed by atoms with E-state index in [4.69, 9.17) is 0 Å². The molecule has 0 atom stereocenters. The van der Waals surface area contributed by atoms with Crippen molar-refractivity contribution in [1.29, 1.82) is 0 Å². The fraction of sp³-hybridized carbons (Fsp3) is 0.200. The van der Waals surface area contributed by atoms with Crippen molar-refractivity contribution < 1.29 is 16.8 Å². The molecule has 1 N–H and O–H groups in total. The van der Waals surface area contributed by atoms with Gasteiger partial charge in [-0.15, -0.1) is 0 Å². The molecule has 0 heterocycles. The predicted octanol–water partition coefficient (Wildman–Crippen LogP) is 1.71. The van der Waals surface area contributed by atoms with Gasteiger partial charge in [0.1, 0.15) is 0 Å². The van der Waals surface area contributed by atoms with E-state index in [2.05, 4.69) is 4.72 Å². The largest absolute Gasteiger partial charge is 0.224 e. The molecule has 2 aromatic rings. The van der Waals surface area contributed by atoms with Gasteiger partial charge >= 0.3 is 0 Å². The van der Waals surface area contributed by atoms with Crippen molar-refractivity contribution in [3.63, 3.8) is 0 Å². The quantitative estimate of drug-likeness (QED) is 0.869. The number of nitrogens with one attached hydrogen (secondary N) is 1. The first-order valence-corrected chi connectivity index (χ1v) is 10.1. The maximum Gasteiger partial charge on any atom is 0.216 e.